The molecule has 0 spiro atoms. The van der Waals surface area contributed by atoms with Gasteiger partial charge in [0.1, 0.15) is 0 Å². The highest BCUT2D eigenvalue weighted by Gasteiger charge is 2.27. The van der Waals surface area contributed by atoms with Crippen molar-refractivity contribution < 1.29 is 14.6 Å². The van der Waals surface area contributed by atoms with Gasteiger partial charge in [-0.15, -0.1) is 0 Å². The second kappa shape index (κ2) is 5.26. The molecule has 0 bridgehead atoms. The molecule has 1 aliphatic heterocycles. The number of fused-ring (bicyclic) bond motifs is 1. The number of benzene rings is 1. The molecule has 1 aliphatic rings. The third kappa shape index (κ3) is 2.19. The molecule has 20 heavy (non-hydrogen) atoms. The summed E-state index contributed by atoms with van der Waals surface area (Å²) < 4.78 is 7.33. The first kappa shape index (κ1) is 13.1. The van der Waals surface area contributed by atoms with Crippen LogP contribution in [0, 0.1) is 0 Å². The summed E-state index contributed by atoms with van der Waals surface area (Å²) in [6.45, 7) is 1.38. The van der Waals surface area contributed by atoms with E-state index in [4.69, 9.17) is 4.74 Å². The Labute approximate surface area is 117 Å². The van der Waals surface area contributed by atoms with Gasteiger partial charge in [-0.3, -0.25) is 4.79 Å². The number of ether oxygens (including phenoxy) is 1. The number of hydrogen-bond donors (Lipinski definition) is 1. The molecule has 1 aromatic carbocycles. The zero-order chi connectivity index (χ0) is 14.1. The van der Waals surface area contributed by atoms with E-state index in [1.165, 1.54) is 0 Å². The number of amides is 1. The fourth-order valence-electron chi connectivity index (χ4n) is 2.65. The van der Waals surface area contributed by atoms with Crippen LogP contribution in [0.5, 0.6) is 0 Å². The van der Waals surface area contributed by atoms with Crippen molar-refractivity contribution >= 4 is 16.8 Å². The summed E-state index contributed by atoms with van der Waals surface area (Å²) in [4.78, 5) is 14.3. The number of carbonyl (C=O) groups excluding carboxylic acids is 1. The molecule has 1 aromatic heterocycles. The summed E-state index contributed by atoms with van der Waals surface area (Å²) in [6, 6.07) is 7.45. The maximum atomic E-state index is 12.6. The molecular weight excluding hydrogens is 256 g/mol. The highest BCUT2D eigenvalue weighted by atomic mass is 16.5. The van der Waals surface area contributed by atoms with Crippen molar-refractivity contribution in [1.29, 1.82) is 0 Å². The normalized spacial score (nSPS) is 19.5. The highest BCUT2D eigenvalue weighted by molar-refractivity contribution is 5.98. The van der Waals surface area contributed by atoms with Gasteiger partial charge in [-0.1, -0.05) is 0 Å². The minimum Gasteiger partial charge on any atom is -0.394 e. The molecular formula is C15H18N2O3. The average Bonchev–Trinajstić information content (AvgIpc) is 2.87. The number of aromatic nitrogens is 1. The van der Waals surface area contributed by atoms with Crippen molar-refractivity contribution in [2.75, 3.05) is 26.4 Å². The van der Waals surface area contributed by atoms with Crippen molar-refractivity contribution in [3.63, 3.8) is 0 Å². The number of nitrogens with zero attached hydrogens (tertiary/aromatic N) is 2. The van der Waals surface area contributed by atoms with Crippen LogP contribution < -0.4 is 0 Å². The monoisotopic (exact) mass is 274 g/mol. The van der Waals surface area contributed by atoms with E-state index in [2.05, 4.69) is 0 Å². The molecule has 5 heteroatoms. The van der Waals surface area contributed by atoms with Gasteiger partial charge in [0, 0.05) is 36.3 Å². The van der Waals surface area contributed by atoms with Crippen LogP contribution >= 0.6 is 0 Å². The van der Waals surface area contributed by atoms with Gasteiger partial charge >= 0.3 is 0 Å². The SMILES string of the molecule is Cn1ccc2cc(C(=O)N3CCOCC3CO)ccc21. The van der Waals surface area contributed by atoms with E-state index in [-0.39, 0.29) is 18.6 Å². The number of aryl methyl sites for hydroxylation is 1. The third-order valence-corrected chi connectivity index (χ3v) is 3.83. The molecule has 1 N–H and O–H groups in total. The molecule has 1 fully saturated rings. The second-order valence-electron chi connectivity index (χ2n) is 5.11. The summed E-state index contributed by atoms with van der Waals surface area (Å²) in [5.41, 5.74) is 1.76. The van der Waals surface area contributed by atoms with Gasteiger partial charge in [-0.2, -0.15) is 0 Å². The molecule has 3 rings (SSSR count). The molecule has 106 valence electrons. The molecule has 0 saturated carbocycles. The zero-order valence-corrected chi connectivity index (χ0v) is 11.5. The Kier molecular flexibility index (Phi) is 3.46. The lowest BCUT2D eigenvalue weighted by Gasteiger charge is -2.34. The topological polar surface area (TPSA) is 54.7 Å². The molecule has 1 amide bonds. The van der Waals surface area contributed by atoms with Gasteiger partial charge in [0.2, 0.25) is 0 Å². The largest absolute Gasteiger partial charge is 0.394 e. The number of carbonyl (C=O) groups is 1. The van der Waals surface area contributed by atoms with Crippen LogP contribution in [0.15, 0.2) is 30.5 Å². The van der Waals surface area contributed by atoms with E-state index in [9.17, 15) is 9.90 Å². The van der Waals surface area contributed by atoms with Gasteiger partial charge in [0.25, 0.3) is 5.91 Å². The Morgan fingerprint density at radius 3 is 3.10 bits per heavy atom. The van der Waals surface area contributed by atoms with Crippen molar-refractivity contribution in [2.45, 2.75) is 6.04 Å². The lowest BCUT2D eigenvalue weighted by molar-refractivity contribution is -0.0183. The summed E-state index contributed by atoms with van der Waals surface area (Å²) in [6.07, 6.45) is 1.98. The smallest absolute Gasteiger partial charge is 0.254 e. The fraction of sp³-hybridized carbons (Fsp3) is 0.400. The summed E-state index contributed by atoms with van der Waals surface area (Å²) in [5.74, 6) is -0.0434. The van der Waals surface area contributed by atoms with Crippen molar-refractivity contribution in [3.05, 3.63) is 36.0 Å². The Hall–Kier alpha value is -1.85. The van der Waals surface area contributed by atoms with Crippen LogP contribution in [0.25, 0.3) is 10.9 Å². The molecule has 1 unspecified atom stereocenters. The van der Waals surface area contributed by atoms with Crippen LogP contribution in [0.1, 0.15) is 10.4 Å². The van der Waals surface area contributed by atoms with Gasteiger partial charge < -0.3 is 19.3 Å². The molecule has 5 nitrogen and oxygen atoms in total. The summed E-state index contributed by atoms with van der Waals surface area (Å²) in [5, 5.41) is 10.4. The van der Waals surface area contributed by atoms with Gasteiger partial charge in [0.05, 0.1) is 25.9 Å². The maximum absolute atomic E-state index is 12.6. The Bertz CT molecular complexity index is 635. The van der Waals surface area contributed by atoms with Crippen LogP contribution in [0.2, 0.25) is 0 Å². The van der Waals surface area contributed by atoms with E-state index in [1.807, 2.05) is 42.1 Å². The lowest BCUT2D eigenvalue weighted by atomic mass is 10.1. The predicted octanol–water partition coefficient (Wildman–Crippen LogP) is 1.01. The average molecular weight is 274 g/mol. The first-order valence-electron chi connectivity index (χ1n) is 6.75. The Morgan fingerprint density at radius 2 is 2.30 bits per heavy atom. The molecule has 0 radical (unpaired) electrons. The molecule has 0 aliphatic carbocycles. The maximum Gasteiger partial charge on any atom is 0.254 e. The minimum absolute atomic E-state index is 0.0434. The third-order valence-electron chi connectivity index (χ3n) is 3.83. The second-order valence-corrected chi connectivity index (χ2v) is 5.11. The van der Waals surface area contributed by atoms with E-state index in [0.717, 1.165) is 10.9 Å². The van der Waals surface area contributed by atoms with Crippen LogP contribution in [0.4, 0.5) is 0 Å². The first-order valence-corrected chi connectivity index (χ1v) is 6.75. The van der Waals surface area contributed by atoms with Crippen molar-refractivity contribution in [3.8, 4) is 0 Å². The zero-order valence-electron chi connectivity index (χ0n) is 11.5. The predicted molar refractivity (Wildman–Crippen MR) is 75.6 cm³/mol. The summed E-state index contributed by atoms with van der Waals surface area (Å²) in [7, 11) is 1.98. The number of morpholine rings is 1. The number of aliphatic hydroxyl groups is 1. The van der Waals surface area contributed by atoms with E-state index in [0.29, 0.717) is 25.3 Å². The Morgan fingerprint density at radius 1 is 1.45 bits per heavy atom. The highest BCUT2D eigenvalue weighted by Crippen LogP contribution is 2.19. The van der Waals surface area contributed by atoms with Gasteiger partial charge in [-0.25, -0.2) is 0 Å². The lowest BCUT2D eigenvalue weighted by Crippen LogP contribution is -2.50. The van der Waals surface area contributed by atoms with E-state index < -0.39 is 0 Å². The van der Waals surface area contributed by atoms with Crippen LogP contribution in [-0.2, 0) is 11.8 Å². The van der Waals surface area contributed by atoms with Crippen LogP contribution in [0.3, 0.4) is 0 Å². The van der Waals surface area contributed by atoms with Gasteiger partial charge in [0.15, 0.2) is 0 Å². The number of aliphatic hydroxyl groups excluding tert-OH is 1. The molecule has 1 atom stereocenters. The van der Waals surface area contributed by atoms with Gasteiger partial charge in [-0.05, 0) is 24.3 Å². The van der Waals surface area contributed by atoms with Crippen molar-refractivity contribution in [1.82, 2.24) is 9.47 Å². The Balaban J connectivity index is 1.91. The number of rotatable bonds is 2. The van der Waals surface area contributed by atoms with Crippen molar-refractivity contribution in [2.24, 2.45) is 7.05 Å². The van der Waals surface area contributed by atoms with E-state index in [1.54, 1.807) is 4.90 Å². The minimum atomic E-state index is -0.247. The molecule has 1 saturated heterocycles. The fourth-order valence-corrected chi connectivity index (χ4v) is 2.65. The summed E-state index contributed by atoms with van der Waals surface area (Å²) >= 11 is 0. The van der Waals surface area contributed by atoms with Crippen LogP contribution in [-0.4, -0.2) is 52.9 Å². The molecule has 2 aromatic rings. The standard InChI is InChI=1S/C15H18N2O3/c1-16-5-4-11-8-12(2-3-14(11)16)15(19)17-6-7-20-10-13(17)9-18/h2-5,8,13,18H,6-7,9-10H2,1H3. The number of hydrogen-bond acceptors (Lipinski definition) is 3. The quantitative estimate of drug-likeness (QED) is 0.889. The molecule has 2 heterocycles. The first-order chi connectivity index (χ1) is 9.70. The van der Waals surface area contributed by atoms with E-state index >= 15 is 0 Å².